The lowest BCUT2D eigenvalue weighted by atomic mass is 9.89. The number of piperidine rings is 1. The van der Waals surface area contributed by atoms with Crippen LogP contribution in [0.3, 0.4) is 0 Å². The quantitative estimate of drug-likeness (QED) is 0.883. The molecule has 2 saturated heterocycles. The normalized spacial score (nSPS) is 26.6. The highest BCUT2D eigenvalue weighted by Crippen LogP contribution is 2.33. The fraction of sp³-hybridized carbons (Fsp3) is 0.600. The summed E-state index contributed by atoms with van der Waals surface area (Å²) in [5, 5.41) is 2.91. The molecule has 0 spiro atoms. The first-order valence-electron chi connectivity index (χ1n) is 9.63. The van der Waals surface area contributed by atoms with E-state index in [0.717, 1.165) is 56.8 Å². The van der Waals surface area contributed by atoms with E-state index in [1.807, 2.05) is 42.0 Å². The van der Waals surface area contributed by atoms with Gasteiger partial charge in [-0.2, -0.15) is 0 Å². The molecular weight excluding hydrogens is 330 g/mol. The van der Waals surface area contributed by atoms with Crippen molar-refractivity contribution < 1.29 is 14.3 Å². The van der Waals surface area contributed by atoms with Crippen molar-refractivity contribution >= 4 is 23.2 Å². The highest BCUT2D eigenvalue weighted by Gasteiger charge is 2.32. The van der Waals surface area contributed by atoms with Gasteiger partial charge in [0.1, 0.15) is 6.04 Å². The molecule has 3 heterocycles. The van der Waals surface area contributed by atoms with Crippen LogP contribution in [0.5, 0.6) is 0 Å². The fourth-order valence-electron chi connectivity index (χ4n) is 4.33. The Morgan fingerprint density at radius 2 is 2.00 bits per heavy atom. The van der Waals surface area contributed by atoms with Crippen LogP contribution in [0, 0.1) is 5.92 Å². The molecule has 2 fully saturated rings. The molecule has 4 rings (SSSR count). The van der Waals surface area contributed by atoms with E-state index < -0.39 is 0 Å². The molecule has 0 radical (unpaired) electrons. The topological polar surface area (TPSA) is 61.9 Å². The molecule has 1 aromatic rings. The maximum Gasteiger partial charge on any atom is 0.253 e. The summed E-state index contributed by atoms with van der Waals surface area (Å²) in [7, 11) is 1.90. The van der Waals surface area contributed by atoms with Crippen molar-refractivity contribution in [2.24, 2.45) is 5.92 Å². The number of likely N-dealkylation sites (tertiary alicyclic amines) is 1. The molecular formula is C20H27N3O3. The Kier molecular flexibility index (Phi) is 4.61. The van der Waals surface area contributed by atoms with Crippen molar-refractivity contribution in [3.8, 4) is 0 Å². The summed E-state index contributed by atoms with van der Waals surface area (Å²) in [5.41, 5.74) is 2.31. The van der Waals surface area contributed by atoms with Crippen LogP contribution in [0.2, 0.25) is 0 Å². The second-order valence-corrected chi connectivity index (χ2v) is 7.69. The number of fused-ring (bicyclic) bond motifs is 1. The predicted molar refractivity (Wildman–Crippen MR) is 101 cm³/mol. The van der Waals surface area contributed by atoms with Crippen LogP contribution in [-0.2, 0) is 9.53 Å². The Morgan fingerprint density at radius 1 is 1.23 bits per heavy atom. The second-order valence-electron chi connectivity index (χ2n) is 7.69. The highest BCUT2D eigenvalue weighted by molar-refractivity contribution is 6.05. The van der Waals surface area contributed by atoms with E-state index >= 15 is 0 Å². The molecule has 1 aromatic carbocycles. The van der Waals surface area contributed by atoms with Crippen molar-refractivity contribution in [2.75, 3.05) is 37.0 Å². The standard InChI is InChI=1S/C20H27N3O3/c1-13-19(24)21-16-12-15(5-6-17(16)22(13)2)20(25)23-9-7-14(8-10-23)18-4-3-11-26-18/h5-6,12-14,18H,3-4,7-11H2,1-2H3,(H,21,24). The number of amides is 2. The number of ether oxygens (including phenoxy) is 1. The average Bonchev–Trinajstić information content (AvgIpc) is 3.20. The van der Waals surface area contributed by atoms with Crippen molar-refractivity contribution in [3.63, 3.8) is 0 Å². The lowest BCUT2D eigenvalue weighted by Crippen LogP contribution is -2.44. The predicted octanol–water partition coefficient (Wildman–Crippen LogP) is 2.49. The maximum absolute atomic E-state index is 12.9. The summed E-state index contributed by atoms with van der Waals surface area (Å²) in [6, 6.07) is 5.40. The minimum Gasteiger partial charge on any atom is -0.378 e. The molecule has 6 heteroatoms. The highest BCUT2D eigenvalue weighted by atomic mass is 16.5. The number of rotatable bonds is 2. The molecule has 140 valence electrons. The molecule has 2 unspecified atom stereocenters. The van der Waals surface area contributed by atoms with Crippen LogP contribution < -0.4 is 10.2 Å². The number of likely N-dealkylation sites (N-methyl/N-ethyl adjacent to an activating group) is 1. The Labute approximate surface area is 154 Å². The third-order valence-electron chi connectivity index (χ3n) is 6.16. The van der Waals surface area contributed by atoms with Gasteiger partial charge in [0.2, 0.25) is 5.91 Å². The molecule has 0 aromatic heterocycles. The molecule has 2 amide bonds. The van der Waals surface area contributed by atoms with Crippen molar-refractivity contribution in [1.29, 1.82) is 0 Å². The zero-order chi connectivity index (χ0) is 18.3. The summed E-state index contributed by atoms with van der Waals surface area (Å²) in [6.45, 7) is 4.32. The summed E-state index contributed by atoms with van der Waals surface area (Å²) >= 11 is 0. The Morgan fingerprint density at radius 3 is 2.69 bits per heavy atom. The van der Waals surface area contributed by atoms with Gasteiger partial charge in [0.25, 0.3) is 5.91 Å². The Balaban J connectivity index is 1.44. The van der Waals surface area contributed by atoms with Gasteiger partial charge in [0.15, 0.2) is 0 Å². The number of carbonyl (C=O) groups excluding carboxylic acids is 2. The van der Waals surface area contributed by atoms with E-state index in [0.29, 0.717) is 17.6 Å². The van der Waals surface area contributed by atoms with E-state index in [9.17, 15) is 9.59 Å². The third kappa shape index (κ3) is 3.07. The van der Waals surface area contributed by atoms with Crippen LogP contribution >= 0.6 is 0 Å². The van der Waals surface area contributed by atoms with Gasteiger partial charge >= 0.3 is 0 Å². The van der Waals surface area contributed by atoms with Gasteiger partial charge in [0.05, 0.1) is 17.5 Å². The smallest absolute Gasteiger partial charge is 0.253 e. The van der Waals surface area contributed by atoms with Gasteiger partial charge in [-0.1, -0.05) is 0 Å². The molecule has 2 atom stereocenters. The van der Waals surface area contributed by atoms with Crippen LogP contribution in [0.4, 0.5) is 11.4 Å². The average molecular weight is 357 g/mol. The fourth-order valence-corrected chi connectivity index (χ4v) is 4.33. The van der Waals surface area contributed by atoms with Crippen LogP contribution in [-0.4, -0.2) is 55.6 Å². The molecule has 1 N–H and O–H groups in total. The lowest BCUT2D eigenvalue weighted by Gasteiger charge is -2.35. The number of hydrogen-bond acceptors (Lipinski definition) is 4. The van der Waals surface area contributed by atoms with E-state index in [1.54, 1.807) is 0 Å². The van der Waals surface area contributed by atoms with Gasteiger partial charge < -0.3 is 19.9 Å². The summed E-state index contributed by atoms with van der Waals surface area (Å²) in [6.07, 6.45) is 4.74. The molecule has 26 heavy (non-hydrogen) atoms. The molecule has 0 bridgehead atoms. The first-order valence-corrected chi connectivity index (χ1v) is 9.63. The van der Waals surface area contributed by atoms with E-state index in [-0.39, 0.29) is 17.9 Å². The first-order chi connectivity index (χ1) is 12.5. The first kappa shape index (κ1) is 17.3. The maximum atomic E-state index is 12.9. The van der Waals surface area contributed by atoms with Gasteiger partial charge in [-0.25, -0.2) is 0 Å². The zero-order valence-corrected chi connectivity index (χ0v) is 15.5. The number of benzene rings is 1. The summed E-state index contributed by atoms with van der Waals surface area (Å²) in [5.74, 6) is 0.593. The number of nitrogens with one attached hydrogen (secondary N) is 1. The number of nitrogens with zero attached hydrogens (tertiary/aromatic N) is 2. The number of hydrogen-bond donors (Lipinski definition) is 1. The second kappa shape index (κ2) is 6.91. The summed E-state index contributed by atoms with van der Waals surface area (Å²) in [4.78, 5) is 28.8. The Hall–Kier alpha value is -2.08. The zero-order valence-electron chi connectivity index (χ0n) is 15.5. The number of carbonyl (C=O) groups is 2. The van der Waals surface area contributed by atoms with E-state index in [2.05, 4.69) is 5.32 Å². The molecule has 3 aliphatic heterocycles. The molecule has 0 saturated carbocycles. The minimum atomic E-state index is -0.208. The monoisotopic (exact) mass is 357 g/mol. The van der Waals surface area contributed by atoms with Crippen molar-refractivity contribution in [1.82, 2.24) is 4.90 Å². The van der Waals surface area contributed by atoms with Gasteiger partial charge in [-0.3, -0.25) is 9.59 Å². The van der Waals surface area contributed by atoms with Crippen molar-refractivity contribution in [3.05, 3.63) is 23.8 Å². The van der Waals surface area contributed by atoms with Gasteiger partial charge in [-0.15, -0.1) is 0 Å². The minimum absolute atomic E-state index is 0.0398. The van der Waals surface area contributed by atoms with Crippen LogP contribution in [0.1, 0.15) is 43.0 Å². The van der Waals surface area contributed by atoms with E-state index in [1.165, 1.54) is 0 Å². The Bertz CT molecular complexity index is 706. The van der Waals surface area contributed by atoms with E-state index in [4.69, 9.17) is 4.74 Å². The number of anilines is 2. The van der Waals surface area contributed by atoms with Gasteiger partial charge in [0, 0.05) is 32.3 Å². The van der Waals surface area contributed by atoms with Crippen LogP contribution in [0.15, 0.2) is 18.2 Å². The molecule has 3 aliphatic rings. The largest absolute Gasteiger partial charge is 0.378 e. The molecule has 0 aliphatic carbocycles. The van der Waals surface area contributed by atoms with Crippen LogP contribution in [0.25, 0.3) is 0 Å². The lowest BCUT2D eigenvalue weighted by molar-refractivity contribution is -0.117. The van der Waals surface area contributed by atoms with Gasteiger partial charge in [-0.05, 0) is 56.7 Å². The SMILES string of the molecule is CC1C(=O)Nc2cc(C(=O)N3CCC(C4CCCO4)CC3)ccc2N1C. The molecule has 6 nitrogen and oxygen atoms in total. The summed E-state index contributed by atoms with van der Waals surface area (Å²) < 4.78 is 5.82. The third-order valence-corrected chi connectivity index (χ3v) is 6.16. The van der Waals surface area contributed by atoms with Crippen molar-refractivity contribution in [2.45, 2.75) is 44.8 Å².